The van der Waals surface area contributed by atoms with Gasteiger partial charge in [-0.25, -0.2) is 23.1 Å². The third-order valence-corrected chi connectivity index (χ3v) is 5.27. The van der Waals surface area contributed by atoms with Crippen LogP contribution in [0.2, 0.25) is 0 Å². The molecule has 1 aliphatic rings. The van der Waals surface area contributed by atoms with E-state index in [-0.39, 0.29) is 17.2 Å². The molecule has 2 heterocycles. The van der Waals surface area contributed by atoms with Gasteiger partial charge in [-0.1, -0.05) is 6.07 Å². The highest BCUT2D eigenvalue weighted by Crippen LogP contribution is 2.33. The molecule has 140 valence electrons. The highest BCUT2D eigenvalue weighted by Gasteiger charge is 2.18. The van der Waals surface area contributed by atoms with Crippen molar-refractivity contribution in [3.05, 3.63) is 48.2 Å². The van der Waals surface area contributed by atoms with E-state index in [1.807, 2.05) is 0 Å². The minimum absolute atomic E-state index is 0.0837. The summed E-state index contributed by atoms with van der Waals surface area (Å²) in [4.78, 5) is 8.05. The van der Waals surface area contributed by atoms with Gasteiger partial charge in [-0.2, -0.15) is 0 Å². The molecule has 4 rings (SSSR count). The number of fused-ring (bicyclic) bond motifs is 1. The Morgan fingerprint density at radius 3 is 2.78 bits per heavy atom. The first-order valence-corrected chi connectivity index (χ1v) is 9.28. The van der Waals surface area contributed by atoms with Crippen LogP contribution < -0.4 is 15.8 Å². The molecule has 27 heavy (non-hydrogen) atoms. The highest BCUT2D eigenvalue weighted by molar-refractivity contribution is 7.98. The molecule has 0 atom stereocenters. The predicted molar refractivity (Wildman–Crippen MR) is 105 cm³/mol. The molecule has 0 bridgehead atoms. The minimum atomic E-state index is -0.631. The molecule has 6 nitrogen and oxygen atoms in total. The Morgan fingerprint density at radius 1 is 1.15 bits per heavy atom. The second kappa shape index (κ2) is 7.63. The van der Waals surface area contributed by atoms with Crippen LogP contribution in [0.5, 0.6) is 0 Å². The fourth-order valence-corrected chi connectivity index (χ4v) is 3.70. The second-order valence-corrected chi connectivity index (χ2v) is 7.06. The molecular formula is C18H18F2N6S. The maximum absolute atomic E-state index is 15.0. The molecule has 2 aromatic carbocycles. The van der Waals surface area contributed by atoms with Gasteiger partial charge in [0, 0.05) is 49.9 Å². The maximum Gasteiger partial charge on any atom is 0.220 e. The fraction of sp³-hybridized carbons (Fsp3) is 0.222. The number of nitrogens with one attached hydrogen (secondary N) is 2. The van der Waals surface area contributed by atoms with E-state index in [9.17, 15) is 4.39 Å². The van der Waals surface area contributed by atoms with E-state index in [0.717, 1.165) is 26.2 Å². The summed E-state index contributed by atoms with van der Waals surface area (Å²) in [6, 6.07) is 7.64. The molecule has 0 aliphatic carbocycles. The van der Waals surface area contributed by atoms with Crippen molar-refractivity contribution in [2.75, 3.05) is 36.6 Å². The van der Waals surface area contributed by atoms with Crippen molar-refractivity contribution in [2.45, 2.75) is 0 Å². The number of hydrogen-bond donors (Lipinski definition) is 3. The number of benzene rings is 2. The Balaban J connectivity index is 1.64. The lowest BCUT2D eigenvalue weighted by molar-refractivity contribution is 0.397. The molecule has 3 aromatic rings. The van der Waals surface area contributed by atoms with Crippen molar-refractivity contribution in [1.82, 2.24) is 19.6 Å². The number of rotatable bonds is 4. The molecular weight excluding hydrogens is 370 g/mol. The molecule has 9 heteroatoms. The topological polar surface area (TPSA) is 79.1 Å². The van der Waals surface area contributed by atoms with Gasteiger partial charge < -0.3 is 15.8 Å². The Morgan fingerprint density at radius 2 is 1.96 bits per heavy atom. The van der Waals surface area contributed by atoms with Gasteiger partial charge >= 0.3 is 0 Å². The first-order valence-electron chi connectivity index (χ1n) is 8.51. The van der Waals surface area contributed by atoms with Crippen LogP contribution in [0.3, 0.4) is 0 Å². The fourth-order valence-electron chi connectivity index (χ4n) is 2.95. The second-order valence-electron chi connectivity index (χ2n) is 6.16. The molecule has 0 radical (unpaired) electrons. The molecule has 0 unspecified atom stereocenters. The van der Waals surface area contributed by atoms with E-state index in [2.05, 4.69) is 24.3 Å². The van der Waals surface area contributed by atoms with Crippen LogP contribution in [0.15, 0.2) is 36.5 Å². The molecule has 1 saturated heterocycles. The maximum atomic E-state index is 15.0. The number of hydrogen-bond acceptors (Lipinski definition) is 7. The number of nitrogens with zero attached hydrogens (tertiary/aromatic N) is 3. The smallest absolute Gasteiger partial charge is 0.220 e. The number of anilines is 2. The predicted octanol–water partition coefficient (Wildman–Crippen LogP) is 3.04. The number of piperazine rings is 1. The first kappa shape index (κ1) is 17.9. The molecule has 1 aromatic heterocycles. The normalized spacial score (nSPS) is 15.2. The van der Waals surface area contributed by atoms with Crippen molar-refractivity contribution in [1.29, 1.82) is 0 Å². The third kappa shape index (κ3) is 3.80. The summed E-state index contributed by atoms with van der Waals surface area (Å²) in [6.07, 6.45) is 1.54. The summed E-state index contributed by atoms with van der Waals surface area (Å²) >= 11 is 1.33. The monoisotopic (exact) mass is 388 g/mol. The van der Waals surface area contributed by atoms with Gasteiger partial charge in [0.25, 0.3) is 0 Å². The van der Waals surface area contributed by atoms with E-state index in [4.69, 9.17) is 5.73 Å². The van der Waals surface area contributed by atoms with Crippen LogP contribution in [0.4, 0.5) is 20.4 Å². The van der Waals surface area contributed by atoms with Gasteiger partial charge in [0.2, 0.25) is 5.95 Å². The van der Waals surface area contributed by atoms with Gasteiger partial charge in [0.1, 0.15) is 5.82 Å². The Kier molecular flexibility index (Phi) is 5.06. The van der Waals surface area contributed by atoms with Crippen LogP contribution in [-0.2, 0) is 0 Å². The van der Waals surface area contributed by atoms with E-state index in [0.29, 0.717) is 16.5 Å². The van der Waals surface area contributed by atoms with Crippen molar-refractivity contribution < 1.29 is 8.78 Å². The zero-order valence-corrected chi connectivity index (χ0v) is 15.2. The van der Waals surface area contributed by atoms with E-state index >= 15 is 4.39 Å². The van der Waals surface area contributed by atoms with Crippen LogP contribution >= 0.6 is 12.1 Å². The average molecular weight is 388 g/mol. The van der Waals surface area contributed by atoms with Gasteiger partial charge in [-0.15, -0.1) is 0 Å². The van der Waals surface area contributed by atoms with Crippen molar-refractivity contribution in [3.63, 3.8) is 0 Å². The Hall–Kier alpha value is -2.49. The lowest BCUT2D eigenvalue weighted by Crippen LogP contribution is -2.40. The van der Waals surface area contributed by atoms with E-state index in [1.54, 1.807) is 24.4 Å². The summed E-state index contributed by atoms with van der Waals surface area (Å²) < 4.78 is 34.6. The zero-order chi connectivity index (χ0) is 18.8. The SMILES string of the molecule is Nc1ncc2cc(-c3c(F)ccc(NSN4CCNCC4)c3F)ccc2n1. The number of nitrogens with two attached hydrogens (primary N) is 1. The lowest BCUT2D eigenvalue weighted by Gasteiger charge is -2.26. The molecule has 1 fully saturated rings. The average Bonchev–Trinajstić information content (AvgIpc) is 2.68. The number of aromatic nitrogens is 2. The van der Waals surface area contributed by atoms with Crippen molar-refractivity contribution in [3.8, 4) is 11.1 Å². The molecule has 0 spiro atoms. The third-order valence-electron chi connectivity index (χ3n) is 4.34. The van der Waals surface area contributed by atoms with Crippen LogP contribution in [-0.4, -0.2) is 40.5 Å². The number of halogens is 2. The molecule has 1 aliphatic heterocycles. The van der Waals surface area contributed by atoms with Gasteiger partial charge in [-0.3, -0.25) is 0 Å². The van der Waals surface area contributed by atoms with Crippen LogP contribution in [0.25, 0.3) is 22.0 Å². The van der Waals surface area contributed by atoms with Crippen molar-refractivity contribution in [2.24, 2.45) is 0 Å². The van der Waals surface area contributed by atoms with Gasteiger partial charge in [0.05, 0.1) is 16.8 Å². The molecule has 0 saturated carbocycles. The summed E-state index contributed by atoms with van der Waals surface area (Å²) in [5.74, 6) is -1.10. The van der Waals surface area contributed by atoms with Gasteiger partial charge in [-0.05, 0) is 29.8 Å². The van der Waals surface area contributed by atoms with Crippen LogP contribution in [0.1, 0.15) is 0 Å². The number of nitrogen functional groups attached to an aromatic ring is 1. The summed E-state index contributed by atoms with van der Waals surface area (Å²) in [5.41, 5.74) is 6.77. The van der Waals surface area contributed by atoms with E-state index < -0.39 is 11.6 Å². The largest absolute Gasteiger partial charge is 0.368 e. The summed E-state index contributed by atoms with van der Waals surface area (Å²) in [5, 5.41) is 3.92. The minimum Gasteiger partial charge on any atom is -0.368 e. The zero-order valence-electron chi connectivity index (χ0n) is 14.4. The molecule has 4 N–H and O–H groups in total. The quantitative estimate of drug-likeness (QED) is 0.593. The van der Waals surface area contributed by atoms with Crippen molar-refractivity contribution >= 4 is 34.7 Å². The highest BCUT2D eigenvalue weighted by atomic mass is 32.2. The Bertz CT molecular complexity index is 977. The van der Waals surface area contributed by atoms with E-state index in [1.165, 1.54) is 24.3 Å². The van der Waals surface area contributed by atoms with Crippen LogP contribution in [0, 0.1) is 11.6 Å². The Labute approximate surface area is 159 Å². The van der Waals surface area contributed by atoms with Gasteiger partial charge in [0.15, 0.2) is 5.82 Å². The first-order chi connectivity index (χ1) is 13.1. The molecule has 0 amide bonds. The lowest BCUT2D eigenvalue weighted by atomic mass is 10.0. The summed E-state index contributed by atoms with van der Waals surface area (Å²) in [7, 11) is 0. The summed E-state index contributed by atoms with van der Waals surface area (Å²) in [6.45, 7) is 3.47. The standard InChI is InChI=1S/C18H18F2N6S/c19-13-2-4-15(25-27-26-7-5-22-6-8-26)17(20)16(13)11-1-3-14-12(9-11)10-23-18(21)24-14/h1-4,9-10,22,25H,5-8H2,(H2,21,23,24).